The van der Waals surface area contributed by atoms with Gasteiger partial charge in [0.15, 0.2) is 18.2 Å². The lowest BCUT2D eigenvalue weighted by molar-refractivity contribution is -0.136. The molecule has 8 nitrogen and oxygen atoms in total. The summed E-state index contributed by atoms with van der Waals surface area (Å²) in [5, 5.41) is 0.736. The molecule has 0 bridgehead atoms. The number of guanidine groups is 1. The van der Waals surface area contributed by atoms with E-state index in [1.165, 1.54) is 4.90 Å². The zero-order valence-electron chi connectivity index (χ0n) is 18.7. The first-order valence-electron chi connectivity index (χ1n) is 10.9. The molecule has 2 unspecified atom stereocenters. The van der Waals surface area contributed by atoms with Gasteiger partial charge in [-0.15, -0.1) is 0 Å². The van der Waals surface area contributed by atoms with Crippen molar-refractivity contribution in [3.8, 4) is 0 Å². The van der Waals surface area contributed by atoms with Crippen LogP contribution in [-0.4, -0.2) is 96.5 Å². The summed E-state index contributed by atoms with van der Waals surface area (Å²) in [6, 6.07) is 7.17. The molecular weight excluding hydrogens is 416 g/mol. The molecule has 2 atom stereocenters. The van der Waals surface area contributed by atoms with Crippen molar-refractivity contribution in [2.24, 2.45) is 10.9 Å². The molecule has 3 amide bonds. The van der Waals surface area contributed by atoms with E-state index in [1.54, 1.807) is 19.0 Å². The Bertz CT molecular complexity index is 883. The van der Waals surface area contributed by atoms with Crippen LogP contribution in [0, 0.1) is 5.92 Å². The Morgan fingerprint density at radius 1 is 1.10 bits per heavy atom. The molecule has 1 aromatic rings. The minimum atomic E-state index is -0.468. The monoisotopic (exact) mass is 446 g/mol. The van der Waals surface area contributed by atoms with Crippen LogP contribution in [0.5, 0.6) is 0 Å². The molecule has 0 saturated carbocycles. The predicted molar refractivity (Wildman–Crippen MR) is 122 cm³/mol. The molecule has 0 spiro atoms. The molecule has 0 aromatic heterocycles. The quantitative estimate of drug-likeness (QED) is 0.710. The van der Waals surface area contributed by atoms with Crippen LogP contribution in [-0.2, 0) is 4.79 Å². The van der Waals surface area contributed by atoms with Crippen LogP contribution in [0.15, 0.2) is 29.3 Å². The minimum absolute atomic E-state index is 0.173. The molecular formula is C22H31ClN6O2. The number of likely N-dealkylation sites (N-methyl/N-ethyl adjacent to an activating group) is 2. The van der Waals surface area contributed by atoms with Crippen molar-refractivity contribution in [3.05, 3.63) is 29.3 Å². The van der Waals surface area contributed by atoms with Crippen LogP contribution in [0.1, 0.15) is 20.3 Å². The number of nitrogens with zero attached hydrogens (tertiary/aromatic N) is 6. The number of carbonyl (C=O) groups excluding carboxylic acids is 2. The van der Waals surface area contributed by atoms with E-state index in [0.717, 1.165) is 55.8 Å². The fourth-order valence-corrected chi connectivity index (χ4v) is 4.67. The number of halogens is 1. The van der Waals surface area contributed by atoms with Gasteiger partial charge in [-0.05, 0) is 30.5 Å². The molecule has 1 aromatic carbocycles. The second-order valence-electron chi connectivity index (χ2n) is 8.91. The fraction of sp³-hybridized carbons (Fsp3) is 0.591. The first-order chi connectivity index (χ1) is 14.8. The maximum atomic E-state index is 13.0. The van der Waals surface area contributed by atoms with Gasteiger partial charge in [-0.2, -0.15) is 0 Å². The van der Waals surface area contributed by atoms with Crippen molar-refractivity contribution in [2.75, 3.05) is 51.7 Å². The summed E-state index contributed by atoms with van der Waals surface area (Å²) >= 11 is 6.17. The number of rotatable bonds is 4. The van der Waals surface area contributed by atoms with Crippen molar-refractivity contribution in [3.63, 3.8) is 0 Å². The molecule has 3 heterocycles. The number of aliphatic imine (C=N–C) groups is 1. The number of anilines is 1. The highest BCUT2D eigenvalue weighted by Crippen LogP contribution is 2.30. The first-order valence-corrected chi connectivity index (χ1v) is 11.3. The summed E-state index contributed by atoms with van der Waals surface area (Å²) < 4.78 is 0. The van der Waals surface area contributed by atoms with E-state index in [-0.39, 0.29) is 11.9 Å². The molecule has 0 aliphatic carbocycles. The van der Waals surface area contributed by atoms with Crippen LogP contribution in [0.2, 0.25) is 5.02 Å². The lowest BCUT2D eigenvalue weighted by atomic mass is 10.1. The lowest BCUT2D eigenvalue weighted by Gasteiger charge is -2.42. The maximum absolute atomic E-state index is 13.0. The van der Waals surface area contributed by atoms with Crippen LogP contribution in [0.4, 0.5) is 10.5 Å². The van der Waals surface area contributed by atoms with Crippen LogP contribution in [0.25, 0.3) is 0 Å². The Kier molecular flexibility index (Phi) is 6.01. The number of carbonyl (C=O) groups is 2. The van der Waals surface area contributed by atoms with Gasteiger partial charge in [0.25, 0.3) is 5.91 Å². The van der Waals surface area contributed by atoms with Crippen molar-refractivity contribution in [1.82, 2.24) is 19.6 Å². The van der Waals surface area contributed by atoms with Gasteiger partial charge in [-0.3, -0.25) is 9.69 Å². The highest BCUT2D eigenvalue weighted by Gasteiger charge is 2.51. The Balaban J connectivity index is 1.54. The summed E-state index contributed by atoms with van der Waals surface area (Å²) in [4.78, 5) is 39.9. The standard InChI is InChI=1S/C22H31ClN6O2/c1-15(2)8-9-29-18-19(25(3)22(31)26(4)20(18)30)24-21(29)28-12-10-27(11-13-28)17-7-5-6-16(23)14-17/h5-7,14-15,18-19H,8-13H2,1-4H3. The second kappa shape index (κ2) is 8.57. The van der Waals surface area contributed by atoms with E-state index in [1.807, 2.05) is 18.2 Å². The summed E-state index contributed by atoms with van der Waals surface area (Å²) in [6.45, 7) is 8.38. The second-order valence-corrected chi connectivity index (χ2v) is 9.34. The molecule has 2 fully saturated rings. The summed E-state index contributed by atoms with van der Waals surface area (Å²) in [5.41, 5.74) is 1.12. The number of hydrogen-bond acceptors (Lipinski definition) is 6. The largest absolute Gasteiger partial charge is 0.368 e. The van der Waals surface area contributed by atoms with Gasteiger partial charge in [0.05, 0.1) is 0 Å². The van der Waals surface area contributed by atoms with Crippen molar-refractivity contribution in [2.45, 2.75) is 32.5 Å². The van der Waals surface area contributed by atoms with E-state index in [9.17, 15) is 9.59 Å². The summed E-state index contributed by atoms with van der Waals surface area (Å²) in [7, 11) is 3.28. The molecule has 31 heavy (non-hydrogen) atoms. The molecule has 0 N–H and O–H groups in total. The van der Waals surface area contributed by atoms with Gasteiger partial charge >= 0.3 is 6.03 Å². The van der Waals surface area contributed by atoms with Gasteiger partial charge in [0.2, 0.25) is 0 Å². The van der Waals surface area contributed by atoms with Gasteiger partial charge in [0, 0.05) is 57.5 Å². The molecule has 2 saturated heterocycles. The zero-order chi connectivity index (χ0) is 22.3. The molecule has 4 rings (SSSR count). The Morgan fingerprint density at radius 3 is 2.42 bits per heavy atom. The molecule has 3 aliphatic rings. The highest BCUT2D eigenvalue weighted by atomic mass is 35.5. The number of fused-ring (bicyclic) bond motifs is 1. The van der Waals surface area contributed by atoms with Gasteiger partial charge < -0.3 is 19.6 Å². The topological polar surface area (TPSA) is 62.7 Å². The highest BCUT2D eigenvalue weighted by molar-refractivity contribution is 6.30. The van der Waals surface area contributed by atoms with Gasteiger partial charge in [-0.25, -0.2) is 9.79 Å². The van der Waals surface area contributed by atoms with Crippen LogP contribution < -0.4 is 4.90 Å². The van der Waals surface area contributed by atoms with E-state index in [2.05, 4.69) is 34.6 Å². The first kappa shape index (κ1) is 21.7. The van der Waals surface area contributed by atoms with Crippen LogP contribution >= 0.6 is 11.6 Å². The number of benzene rings is 1. The normalized spacial score (nSPS) is 24.3. The Labute approximate surface area is 189 Å². The van der Waals surface area contributed by atoms with Gasteiger partial charge in [0.1, 0.15) is 0 Å². The Hall–Kier alpha value is -2.48. The fourth-order valence-electron chi connectivity index (χ4n) is 4.49. The average molecular weight is 447 g/mol. The number of hydrogen-bond donors (Lipinski definition) is 0. The predicted octanol–water partition coefficient (Wildman–Crippen LogP) is 2.40. The molecule has 9 heteroatoms. The Morgan fingerprint density at radius 2 is 1.77 bits per heavy atom. The third kappa shape index (κ3) is 4.05. The average Bonchev–Trinajstić information content (AvgIpc) is 3.14. The lowest BCUT2D eigenvalue weighted by Crippen LogP contribution is -2.65. The van der Waals surface area contributed by atoms with Gasteiger partial charge in [-0.1, -0.05) is 31.5 Å². The van der Waals surface area contributed by atoms with Crippen LogP contribution in [0.3, 0.4) is 0 Å². The number of urea groups is 1. The third-order valence-electron chi connectivity index (χ3n) is 6.38. The number of amides is 3. The summed E-state index contributed by atoms with van der Waals surface area (Å²) in [5.74, 6) is 1.17. The molecule has 0 radical (unpaired) electrons. The zero-order valence-corrected chi connectivity index (χ0v) is 19.4. The van der Waals surface area contributed by atoms with Crippen molar-refractivity contribution < 1.29 is 9.59 Å². The molecule has 3 aliphatic heterocycles. The smallest absolute Gasteiger partial charge is 0.328 e. The minimum Gasteiger partial charge on any atom is -0.368 e. The third-order valence-corrected chi connectivity index (χ3v) is 6.61. The summed E-state index contributed by atoms with van der Waals surface area (Å²) in [6.07, 6.45) is 0.489. The molecule has 168 valence electrons. The van der Waals surface area contributed by atoms with E-state index in [4.69, 9.17) is 16.6 Å². The van der Waals surface area contributed by atoms with E-state index >= 15 is 0 Å². The van der Waals surface area contributed by atoms with E-state index < -0.39 is 12.2 Å². The number of piperazine rings is 1. The number of imide groups is 1. The van der Waals surface area contributed by atoms with Crippen molar-refractivity contribution in [1.29, 1.82) is 0 Å². The maximum Gasteiger partial charge on any atom is 0.328 e. The SMILES string of the molecule is CC(C)CCN1C(N2CCN(c3cccc(Cl)c3)CC2)=NC2C1C(=O)N(C)C(=O)N2C. The van der Waals surface area contributed by atoms with Crippen molar-refractivity contribution >= 4 is 35.2 Å². The van der Waals surface area contributed by atoms with E-state index in [0.29, 0.717) is 5.92 Å².